The molecular formula is C38H56N14. The summed E-state index contributed by atoms with van der Waals surface area (Å²) >= 11 is 0. The Balaban J connectivity index is 1.00. The van der Waals surface area contributed by atoms with Gasteiger partial charge in [0.15, 0.2) is 0 Å². The second-order valence-corrected chi connectivity index (χ2v) is 14.5. The number of hydrazone groups is 2. The lowest BCUT2D eigenvalue weighted by Gasteiger charge is -2.24. The highest BCUT2D eigenvalue weighted by atomic mass is 15.4. The maximum absolute atomic E-state index is 4.95. The van der Waals surface area contributed by atoms with Gasteiger partial charge in [0.25, 0.3) is 0 Å². The third-order valence-electron chi connectivity index (χ3n) is 10.5. The molecule has 4 aliphatic rings. The van der Waals surface area contributed by atoms with Gasteiger partial charge in [-0.25, -0.2) is 10.9 Å². The van der Waals surface area contributed by atoms with E-state index in [-0.39, 0.29) is 0 Å². The van der Waals surface area contributed by atoms with Gasteiger partial charge in [0.05, 0.1) is 12.4 Å². The fourth-order valence-corrected chi connectivity index (χ4v) is 7.45. The van der Waals surface area contributed by atoms with Crippen molar-refractivity contribution in [2.75, 3.05) is 82.8 Å². The lowest BCUT2D eigenvalue weighted by molar-refractivity contribution is 0.726. The van der Waals surface area contributed by atoms with Gasteiger partial charge >= 0.3 is 0 Å². The number of nitrogens with zero attached hydrogens (tertiary/aromatic N) is 12. The molecule has 0 unspecified atom stereocenters. The highest BCUT2D eigenvalue weighted by Gasteiger charge is 2.21. The SMILES string of the molecule is C(=NNc1nc(N2CCCCCC2)nc(N2CCCCCC2)n1)c1ccc(C=NNc2nc(N3CCCCCC3)nc(N3CCCCCC3)n2)cc1. The molecule has 0 aliphatic carbocycles. The molecular weight excluding hydrogens is 653 g/mol. The van der Waals surface area contributed by atoms with Crippen molar-refractivity contribution in [1.29, 1.82) is 0 Å². The van der Waals surface area contributed by atoms with Gasteiger partial charge < -0.3 is 19.6 Å². The quantitative estimate of drug-likeness (QED) is 0.176. The van der Waals surface area contributed by atoms with Gasteiger partial charge in [-0.2, -0.15) is 40.1 Å². The Morgan fingerprint density at radius 2 is 0.615 bits per heavy atom. The summed E-state index contributed by atoms with van der Waals surface area (Å²) in [5.74, 6) is 3.96. The van der Waals surface area contributed by atoms with Crippen LogP contribution in [0.15, 0.2) is 34.5 Å². The van der Waals surface area contributed by atoms with Crippen molar-refractivity contribution >= 4 is 48.1 Å². The van der Waals surface area contributed by atoms with Crippen LogP contribution in [0, 0.1) is 0 Å². The van der Waals surface area contributed by atoms with Crippen molar-refractivity contribution in [3.05, 3.63) is 35.4 Å². The Morgan fingerprint density at radius 3 is 0.865 bits per heavy atom. The zero-order chi connectivity index (χ0) is 35.2. The first-order chi connectivity index (χ1) is 25.8. The second kappa shape index (κ2) is 18.7. The zero-order valence-corrected chi connectivity index (χ0v) is 30.8. The van der Waals surface area contributed by atoms with Crippen LogP contribution >= 0.6 is 0 Å². The van der Waals surface area contributed by atoms with Crippen LogP contribution < -0.4 is 30.5 Å². The highest BCUT2D eigenvalue weighted by Crippen LogP contribution is 2.24. The summed E-state index contributed by atoms with van der Waals surface area (Å²) in [5.41, 5.74) is 8.12. The summed E-state index contributed by atoms with van der Waals surface area (Å²) in [6.45, 7) is 7.83. The van der Waals surface area contributed by atoms with Gasteiger partial charge in [-0.1, -0.05) is 75.6 Å². The molecule has 14 nitrogen and oxygen atoms in total. The van der Waals surface area contributed by atoms with Crippen molar-refractivity contribution < 1.29 is 0 Å². The average Bonchev–Trinajstić information content (AvgIpc) is 3.81. The van der Waals surface area contributed by atoms with Crippen LogP contribution in [0.5, 0.6) is 0 Å². The summed E-state index contributed by atoms with van der Waals surface area (Å²) < 4.78 is 0. The normalized spacial score (nSPS) is 19.7. The second-order valence-electron chi connectivity index (χ2n) is 14.5. The molecule has 14 heteroatoms. The first kappa shape index (κ1) is 35.8. The van der Waals surface area contributed by atoms with Gasteiger partial charge in [-0.3, -0.25) is 0 Å². The number of benzene rings is 1. The van der Waals surface area contributed by atoms with Crippen LogP contribution in [-0.2, 0) is 0 Å². The van der Waals surface area contributed by atoms with Gasteiger partial charge in [-0.05, 0) is 62.5 Å². The Morgan fingerprint density at radius 1 is 0.365 bits per heavy atom. The van der Waals surface area contributed by atoms with E-state index < -0.39 is 0 Å². The van der Waals surface area contributed by atoms with E-state index in [9.17, 15) is 0 Å². The molecule has 0 spiro atoms. The van der Waals surface area contributed by atoms with Gasteiger partial charge in [0, 0.05) is 52.4 Å². The molecule has 0 bridgehead atoms. The van der Waals surface area contributed by atoms with E-state index in [0.29, 0.717) is 11.9 Å². The van der Waals surface area contributed by atoms with Gasteiger partial charge in [-0.15, -0.1) is 0 Å². The standard InChI is InChI=1S/C38H56N14/c1-2-10-22-49(21-9-1)35-41-33(42-36(45-35)50-23-11-3-4-12-24-50)47-39-29-31-17-19-32(20-18-31)30-40-48-34-43-37(51-25-13-5-6-14-26-51)46-38(44-34)52-27-15-7-8-16-28-52/h17-20,29-30H,1-16,21-28H2,(H,41,42,45,47)(H,43,44,46,48). The smallest absolute Gasteiger partial charge is 0.250 e. The number of aromatic nitrogens is 6. The van der Waals surface area contributed by atoms with Crippen molar-refractivity contribution in [1.82, 2.24) is 29.9 Å². The first-order valence-corrected chi connectivity index (χ1v) is 20.0. The molecule has 2 aromatic heterocycles. The van der Waals surface area contributed by atoms with E-state index in [0.717, 1.165) is 87.3 Å². The predicted molar refractivity (Wildman–Crippen MR) is 211 cm³/mol. The van der Waals surface area contributed by atoms with Crippen LogP contribution in [0.1, 0.15) is 114 Å². The largest absolute Gasteiger partial charge is 0.341 e. The van der Waals surface area contributed by atoms with E-state index in [2.05, 4.69) is 40.7 Å². The van der Waals surface area contributed by atoms with E-state index >= 15 is 0 Å². The average molecular weight is 709 g/mol. The molecule has 4 saturated heterocycles. The summed E-state index contributed by atoms with van der Waals surface area (Å²) in [5, 5.41) is 9.03. The predicted octanol–water partition coefficient (Wildman–Crippen LogP) is 6.47. The van der Waals surface area contributed by atoms with E-state index in [4.69, 9.17) is 29.9 Å². The van der Waals surface area contributed by atoms with Crippen LogP contribution in [0.25, 0.3) is 0 Å². The molecule has 1 aromatic carbocycles. The topological polar surface area (TPSA) is 139 Å². The highest BCUT2D eigenvalue weighted by molar-refractivity contribution is 5.84. The Hall–Kier alpha value is -4.62. The Bertz CT molecular complexity index is 1380. The summed E-state index contributed by atoms with van der Waals surface area (Å²) in [4.78, 5) is 38.3. The van der Waals surface area contributed by atoms with Crippen molar-refractivity contribution in [2.45, 2.75) is 103 Å². The number of rotatable bonds is 10. The minimum Gasteiger partial charge on any atom is -0.341 e. The number of nitrogens with one attached hydrogen (secondary N) is 2. The maximum Gasteiger partial charge on any atom is 0.250 e. The van der Waals surface area contributed by atoms with Crippen LogP contribution in [0.4, 0.5) is 35.7 Å². The van der Waals surface area contributed by atoms with Crippen molar-refractivity contribution in [3.63, 3.8) is 0 Å². The first-order valence-electron chi connectivity index (χ1n) is 20.0. The molecule has 52 heavy (non-hydrogen) atoms. The van der Waals surface area contributed by atoms with E-state index in [1.165, 1.54) is 103 Å². The van der Waals surface area contributed by atoms with Crippen LogP contribution in [0.2, 0.25) is 0 Å². The fraction of sp³-hybridized carbons (Fsp3) is 0.632. The van der Waals surface area contributed by atoms with Crippen LogP contribution in [0.3, 0.4) is 0 Å². The molecule has 6 heterocycles. The molecule has 7 rings (SSSR count). The number of hydrogen-bond acceptors (Lipinski definition) is 14. The van der Waals surface area contributed by atoms with Crippen molar-refractivity contribution in [3.8, 4) is 0 Å². The van der Waals surface area contributed by atoms with E-state index in [1.807, 2.05) is 24.3 Å². The monoisotopic (exact) mass is 708 g/mol. The lowest BCUT2D eigenvalue weighted by Crippen LogP contribution is -2.30. The number of hydrogen-bond donors (Lipinski definition) is 2. The third kappa shape index (κ3) is 10.3. The minimum atomic E-state index is 0.482. The molecule has 4 fully saturated rings. The van der Waals surface area contributed by atoms with Crippen LogP contribution in [-0.4, -0.2) is 94.7 Å². The molecule has 3 aromatic rings. The Labute approximate surface area is 308 Å². The molecule has 2 N–H and O–H groups in total. The minimum absolute atomic E-state index is 0.482. The molecule has 0 saturated carbocycles. The summed E-state index contributed by atoms with van der Waals surface area (Å²) in [7, 11) is 0. The number of anilines is 6. The maximum atomic E-state index is 4.95. The third-order valence-corrected chi connectivity index (χ3v) is 10.5. The molecule has 278 valence electrons. The zero-order valence-electron chi connectivity index (χ0n) is 30.8. The Kier molecular flexibility index (Phi) is 12.9. The lowest BCUT2D eigenvalue weighted by atomic mass is 10.2. The molecule has 0 radical (unpaired) electrons. The molecule has 0 amide bonds. The summed E-state index contributed by atoms with van der Waals surface area (Å²) in [6.07, 6.45) is 23.0. The van der Waals surface area contributed by atoms with E-state index in [1.54, 1.807) is 12.4 Å². The summed E-state index contributed by atoms with van der Waals surface area (Å²) in [6, 6.07) is 8.07. The molecule has 4 aliphatic heterocycles. The molecule has 0 atom stereocenters. The van der Waals surface area contributed by atoms with Crippen molar-refractivity contribution in [2.24, 2.45) is 10.2 Å². The fourth-order valence-electron chi connectivity index (χ4n) is 7.45. The van der Waals surface area contributed by atoms with Gasteiger partial charge in [0.1, 0.15) is 0 Å². The van der Waals surface area contributed by atoms with Gasteiger partial charge in [0.2, 0.25) is 35.7 Å².